The molecule has 0 heterocycles. The van der Waals surface area contributed by atoms with E-state index in [1.165, 1.54) is 24.3 Å². The largest absolute Gasteiger partial charge is 0.399 e. The Morgan fingerprint density at radius 2 is 1.82 bits per heavy atom. The summed E-state index contributed by atoms with van der Waals surface area (Å²) in [7, 11) is 0. The van der Waals surface area contributed by atoms with Crippen LogP contribution in [0.1, 0.15) is 10.4 Å². The van der Waals surface area contributed by atoms with E-state index in [2.05, 4.69) is 5.32 Å². The average molecular weight is 230 g/mol. The molecule has 4 heteroatoms. The summed E-state index contributed by atoms with van der Waals surface area (Å²) in [5.41, 5.74) is 7.17. The summed E-state index contributed by atoms with van der Waals surface area (Å²) in [6.45, 7) is 0. The van der Waals surface area contributed by atoms with Crippen LogP contribution >= 0.6 is 0 Å². The van der Waals surface area contributed by atoms with Gasteiger partial charge in [-0.3, -0.25) is 4.79 Å². The minimum absolute atomic E-state index is 0.296. The van der Waals surface area contributed by atoms with Crippen LogP contribution in [0.4, 0.5) is 15.8 Å². The summed E-state index contributed by atoms with van der Waals surface area (Å²) in [6.07, 6.45) is 0. The molecular formula is C13H11FN2O. The molecule has 0 aliphatic rings. The van der Waals surface area contributed by atoms with Gasteiger partial charge in [0.1, 0.15) is 5.82 Å². The molecule has 0 fully saturated rings. The number of hydrogen-bond acceptors (Lipinski definition) is 2. The second-order valence-corrected chi connectivity index (χ2v) is 3.59. The van der Waals surface area contributed by atoms with Crippen molar-refractivity contribution >= 4 is 17.3 Å². The number of carbonyl (C=O) groups excluding carboxylic acids is 1. The smallest absolute Gasteiger partial charge is 0.255 e. The molecule has 0 aromatic heterocycles. The number of benzene rings is 2. The molecule has 17 heavy (non-hydrogen) atoms. The first-order valence-corrected chi connectivity index (χ1v) is 5.07. The van der Waals surface area contributed by atoms with Crippen LogP contribution in [0, 0.1) is 5.82 Å². The monoisotopic (exact) mass is 230 g/mol. The highest BCUT2D eigenvalue weighted by Crippen LogP contribution is 2.13. The Morgan fingerprint density at radius 3 is 2.47 bits per heavy atom. The van der Waals surface area contributed by atoms with Gasteiger partial charge in [-0.15, -0.1) is 0 Å². The Labute approximate surface area is 98.1 Å². The Bertz CT molecular complexity index is 537. The maximum atomic E-state index is 12.7. The van der Waals surface area contributed by atoms with Gasteiger partial charge in [-0.1, -0.05) is 6.07 Å². The molecule has 0 saturated heterocycles. The summed E-state index contributed by atoms with van der Waals surface area (Å²) >= 11 is 0. The van der Waals surface area contributed by atoms with Gasteiger partial charge in [-0.2, -0.15) is 0 Å². The topological polar surface area (TPSA) is 55.1 Å². The Morgan fingerprint density at radius 1 is 1.12 bits per heavy atom. The number of nitrogen functional groups attached to an aromatic ring is 1. The van der Waals surface area contributed by atoms with Crippen molar-refractivity contribution in [2.45, 2.75) is 0 Å². The standard InChI is InChI=1S/C13H11FN2O/c14-10-6-4-9(5-7-10)13(17)16-12-3-1-2-11(15)8-12/h1-8H,15H2,(H,16,17). The van der Waals surface area contributed by atoms with E-state index in [0.717, 1.165) is 0 Å². The lowest BCUT2D eigenvalue weighted by Crippen LogP contribution is -2.11. The van der Waals surface area contributed by atoms with E-state index in [4.69, 9.17) is 5.73 Å². The molecule has 1 amide bonds. The Hall–Kier alpha value is -2.36. The number of hydrogen-bond donors (Lipinski definition) is 2. The van der Waals surface area contributed by atoms with Gasteiger partial charge in [0.05, 0.1) is 0 Å². The van der Waals surface area contributed by atoms with Gasteiger partial charge in [0.25, 0.3) is 5.91 Å². The summed E-state index contributed by atoms with van der Waals surface area (Å²) in [6, 6.07) is 12.2. The molecular weight excluding hydrogens is 219 g/mol. The molecule has 2 rings (SSSR count). The Balaban J connectivity index is 2.14. The van der Waals surface area contributed by atoms with E-state index in [9.17, 15) is 9.18 Å². The lowest BCUT2D eigenvalue weighted by Gasteiger charge is -2.05. The van der Waals surface area contributed by atoms with Crippen LogP contribution in [0.2, 0.25) is 0 Å². The zero-order valence-electron chi connectivity index (χ0n) is 8.98. The number of anilines is 2. The predicted molar refractivity (Wildman–Crippen MR) is 65.2 cm³/mol. The summed E-state index contributed by atoms with van der Waals surface area (Å²) < 4.78 is 12.7. The van der Waals surface area contributed by atoms with Gasteiger partial charge in [0.15, 0.2) is 0 Å². The first-order chi connectivity index (χ1) is 8.15. The third-order valence-corrected chi connectivity index (χ3v) is 2.25. The van der Waals surface area contributed by atoms with Crippen LogP contribution in [0.25, 0.3) is 0 Å². The maximum Gasteiger partial charge on any atom is 0.255 e. The van der Waals surface area contributed by atoms with Crippen LogP contribution in [-0.2, 0) is 0 Å². The van der Waals surface area contributed by atoms with Crippen LogP contribution < -0.4 is 11.1 Å². The maximum absolute atomic E-state index is 12.7. The van der Waals surface area contributed by atoms with E-state index in [1.54, 1.807) is 24.3 Å². The molecule has 86 valence electrons. The fourth-order valence-electron chi connectivity index (χ4n) is 1.42. The highest BCUT2D eigenvalue weighted by Gasteiger charge is 2.05. The molecule has 3 N–H and O–H groups in total. The number of nitrogens with two attached hydrogens (primary N) is 1. The van der Waals surface area contributed by atoms with Gasteiger partial charge < -0.3 is 11.1 Å². The van der Waals surface area contributed by atoms with Gasteiger partial charge in [0, 0.05) is 16.9 Å². The van der Waals surface area contributed by atoms with E-state index < -0.39 is 0 Å². The van der Waals surface area contributed by atoms with Gasteiger partial charge in [-0.25, -0.2) is 4.39 Å². The van der Waals surface area contributed by atoms with Crippen molar-refractivity contribution in [1.82, 2.24) is 0 Å². The van der Waals surface area contributed by atoms with E-state index in [-0.39, 0.29) is 11.7 Å². The SMILES string of the molecule is Nc1cccc(NC(=O)c2ccc(F)cc2)c1. The number of rotatable bonds is 2. The lowest BCUT2D eigenvalue weighted by molar-refractivity contribution is 0.102. The van der Waals surface area contributed by atoms with Crippen LogP contribution in [0.15, 0.2) is 48.5 Å². The lowest BCUT2D eigenvalue weighted by atomic mass is 10.2. The third-order valence-electron chi connectivity index (χ3n) is 2.25. The minimum atomic E-state index is -0.370. The van der Waals surface area contributed by atoms with Crippen molar-refractivity contribution in [3.8, 4) is 0 Å². The van der Waals surface area contributed by atoms with Crippen LogP contribution in [0.5, 0.6) is 0 Å². The molecule has 0 radical (unpaired) electrons. The van der Waals surface area contributed by atoms with Crippen molar-refractivity contribution in [3.05, 3.63) is 59.9 Å². The molecule has 0 aliphatic carbocycles. The van der Waals surface area contributed by atoms with Crippen molar-refractivity contribution in [2.75, 3.05) is 11.1 Å². The second-order valence-electron chi connectivity index (χ2n) is 3.59. The molecule has 0 atom stereocenters. The van der Waals surface area contributed by atoms with Crippen molar-refractivity contribution in [3.63, 3.8) is 0 Å². The van der Waals surface area contributed by atoms with Crippen molar-refractivity contribution in [1.29, 1.82) is 0 Å². The third kappa shape index (κ3) is 2.81. The van der Waals surface area contributed by atoms with Crippen molar-refractivity contribution in [2.24, 2.45) is 0 Å². The van der Waals surface area contributed by atoms with Gasteiger partial charge in [0.2, 0.25) is 0 Å². The highest BCUT2D eigenvalue weighted by atomic mass is 19.1. The van der Waals surface area contributed by atoms with Crippen LogP contribution in [0.3, 0.4) is 0 Å². The second kappa shape index (κ2) is 4.65. The quantitative estimate of drug-likeness (QED) is 0.779. The number of nitrogens with one attached hydrogen (secondary N) is 1. The van der Waals surface area contributed by atoms with E-state index in [1.807, 2.05) is 0 Å². The zero-order valence-corrected chi connectivity index (χ0v) is 8.98. The normalized spacial score (nSPS) is 9.94. The first-order valence-electron chi connectivity index (χ1n) is 5.07. The van der Waals surface area contributed by atoms with E-state index in [0.29, 0.717) is 16.9 Å². The molecule has 0 saturated carbocycles. The number of halogens is 1. The molecule has 2 aromatic rings. The first kappa shape index (κ1) is 11.1. The van der Waals surface area contributed by atoms with Crippen LogP contribution in [-0.4, -0.2) is 5.91 Å². The van der Waals surface area contributed by atoms with Gasteiger partial charge in [-0.05, 0) is 42.5 Å². The average Bonchev–Trinajstić information content (AvgIpc) is 2.29. The molecule has 0 spiro atoms. The molecule has 3 nitrogen and oxygen atoms in total. The predicted octanol–water partition coefficient (Wildman–Crippen LogP) is 2.66. The zero-order chi connectivity index (χ0) is 12.3. The van der Waals surface area contributed by atoms with Gasteiger partial charge >= 0.3 is 0 Å². The Kier molecular flexibility index (Phi) is 3.05. The number of carbonyl (C=O) groups is 1. The van der Waals surface area contributed by atoms with E-state index >= 15 is 0 Å². The summed E-state index contributed by atoms with van der Waals surface area (Å²) in [5, 5.41) is 2.68. The fraction of sp³-hybridized carbons (Fsp3) is 0. The van der Waals surface area contributed by atoms with Crippen molar-refractivity contribution < 1.29 is 9.18 Å². The molecule has 2 aromatic carbocycles. The minimum Gasteiger partial charge on any atom is -0.399 e. The molecule has 0 aliphatic heterocycles. The summed E-state index contributed by atoms with van der Waals surface area (Å²) in [4.78, 5) is 11.8. The summed E-state index contributed by atoms with van der Waals surface area (Å²) in [5.74, 6) is -0.666. The molecule has 0 bridgehead atoms. The number of amides is 1. The molecule has 0 unspecified atom stereocenters. The fourth-order valence-corrected chi connectivity index (χ4v) is 1.42. The highest BCUT2D eigenvalue weighted by molar-refractivity contribution is 6.04.